The number of carbonyl (C=O) groups excluding carboxylic acids is 2. The number of nitrogens with zero attached hydrogens (tertiary/aromatic N) is 3. The highest BCUT2D eigenvalue weighted by molar-refractivity contribution is 7.89. The number of amides is 1. The van der Waals surface area contributed by atoms with Crippen molar-refractivity contribution in [2.75, 3.05) is 58.4 Å². The van der Waals surface area contributed by atoms with E-state index in [-0.39, 0.29) is 23.2 Å². The van der Waals surface area contributed by atoms with Crippen LogP contribution in [0, 0.1) is 5.92 Å². The number of hydrogen-bond donors (Lipinski definition) is 0. The molecular formula is C23H35N3O6S. The first-order chi connectivity index (χ1) is 15.8. The fourth-order valence-electron chi connectivity index (χ4n) is 4.43. The fourth-order valence-corrected chi connectivity index (χ4v) is 6.05. The van der Waals surface area contributed by atoms with Crippen LogP contribution < -0.4 is 9.64 Å². The lowest BCUT2D eigenvalue weighted by molar-refractivity contribution is -0.140. The van der Waals surface area contributed by atoms with E-state index in [1.165, 1.54) is 7.11 Å². The third kappa shape index (κ3) is 6.17. The topological polar surface area (TPSA) is 96.5 Å². The van der Waals surface area contributed by atoms with E-state index in [0.29, 0.717) is 63.8 Å². The summed E-state index contributed by atoms with van der Waals surface area (Å²) in [7, 11) is -0.668. The average molecular weight is 482 g/mol. The Kier molecular flexibility index (Phi) is 8.58. The summed E-state index contributed by atoms with van der Waals surface area (Å²) in [6.07, 6.45) is 2.93. The number of sulfonamides is 1. The Morgan fingerprint density at radius 1 is 1.06 bits per heavy atom. The number of ether oxygens (including phenoxy) is 2. The molecule has 3 rings (SSSR count). The molecule has 0 saturated carbocycles. The zero-order chi connectivity index (χ0) is 24.0. The molecule has 184 valence electrons. The predicted molar refractivity (Wildman–Crippen MR) is 125 cm³/mol. The summed E-state index contributed by atoms with van der Waals surface area (Å²) in [6.45, 7) is 5.37. The molecule has 1 atom stereocenters. The molecule has 0 unspecified atom stereocenters. The molecule has 0 radical (unpaired) electrons. The Labute approximate surface area is 196 Å². The van der Waals surface area contributed by atoms with Gasteiger partial charge in [-0.2, -0.15) is 4.31 Å². The van der Waals surface area contributed by atoms with Gasteiger partial charge in [-0.1, -0.05) is 6.92 Å². The Balaban J connectivity index is 1.67. The third-order valence-corrected chi connectivity index (χ3v) is 8.24. The summed E-state index contributed by atoms with van der Waals surface area (Å²) in [4.78, 5) is 27.8. The van der Waals surface area contributed by atoms with E-state index in [4.69, 9.17) is 4.74 Å². The lowest BCUT2D eigenvalue weighted by Crippen LogP contribution is -2.49. The van der Waals surface area contributed by atoms with Gasteiger partial charge in [0.1, 0.15) is 5.75 Å². The highest BCUT2D eigenvalue weighted by Crippen LogP contribution is 2.33. The summed E-state index contributed by atoms with van der Waals surface area (Å²) in [6, 6.07) is 5.01. The summed E-state index contributed by atoms with van der Waals surface area (Å²) < 4.78 is 38.2. The summed E-state index contributed by atoms with van der Waals surface area (Å²) in [5, 5.41) is 0. The molecule has 0 aromatic heterocycles. The molecule has 10 heteroatoms. The van der Waals surface area contributed by atoms with Gasteiger partial charge < -0.3 is 19.3 Å². The summed E-state index contributed by atoms with van der Waals surface area (Å²) >= 11 is 0. The van der Waals surface area contributed by atoms with Crippen LogP contribution in [-0.2, 0) is 24.3 Å². The summed E-state index contributed by atoms with van der Waals surface area (Å²) in [5.41, 5.74) is 0.724. The van der Waals surface area contributed by atoms with Crippen LogP contribution in [0.15, 0.2) is 23.1 Å². The number of benzene rings is 1. The van der Waals surface area contributed by atoms with Gasteiger partial charge >= 0.3 is 5.97 Å². The normalized spacial score (nSPS) is 19.9. The standard InChI is InChI=1S/C23H35N3O6S/c1-18-6-5-11-26(17-18)33(29,30)19-9-10-21(31-2)20(16-19)24-12-14-25(15-13-24)22(27)7-4-8-23(28)32-3/h9-10,16,18H,4-8,11-15,17H2,1-3H3/t18-/m1/s1. The molecule has 33 heavy (non-hydrogen) atoms. The van der Waals surface area contributed by atoms with Gasteiger partial charge in [-0.25, -0.2) is 8.42 Å². The van der Waals surface area contributed by atoms with Crippen LogP contribution in [0.25, 0.3) is 0 Å². The predicted octanol–water partition coefficient (Wildman–Crippen LogP) is 2.11. The Morgan fingerprint density at radius 2 is 1.79 bits per heavy atom. The van der Waals surface area contributed by atoms with E-state index in [1.807, 2.05) is 0 Å². The van der Waals surface area contributed by atoms with E-state index in [2.05, 4.69) is 16.6 Å². The highest BCUT2D eigenvalue weighted by Gasteiger charge is 2.30. The molecule has 0 bridgehead atoms. The molecule has 2 aliphatic heterocycles. The Morgan fingerprint density at radius 3 is 2.42 bits per heavy atom. The third-order valence-electron chi connectivity index (χ3n) is 6.38. The van der Waals surface area contributed by atoms with Gasteiger partial charge in [0, 0.05) is 52.1 Å². The number of anilines is 1. The molecule has 0 N–H and O–H groups in total. The molecular weight excluding hydrogens is 446 g/mol. The van der Waals surface area contributed by atoms with E-state index in [9.17, 15) is 18.0 Å². The van der Waals surface area contributed by atoms with Crippen LogP contribution in [0.5, 0.6) is 5.75 Å². The second-order valence-corrected chi connectivity index (χ2v) is 10.7. The maximum absolute atomic E-state index is 13.3. The average Bonchev–Trinajstić information content (AvgIpc) is 2.83. The van der Waals surface area contributed by atoms with E-state index < -0.39 is 10.0 Å². The minimum Gasteiger partial charge on any atom is -0.495 e. The SMILES string of the molecule is COC(=O)CCCC(=O)N1CCN(c2cc(S(=O)(=O)N3CCC[C@@H](C)C3)ccc2OC)CC1. The van der Waals surface area contributed by atoms with Crippen molar-refractivity contribution in [3.8, 4) is 5.75 Å². The zero-order valence-electron chi connectivity index (χ0n) is 19.8. The molecule has 2 fully saturated rings. The van der Waals surface area contributed by atoms with Crippen LogP contribution in [0.2, 0.25) is 0 Å². The van der Waals surface area contributed by atoms with E-state index >= 15 is 0 Å². The molecule has 2 aliphatic rings. The van der Waals surface area contributed by atoms with Crippen molar-refractivity contribution in [2.45, 2.75) is 43.9 Å². The van der Waals surface area contributed by atoms with Crippen molar-refractivity contribution in [1.29, 1.82) is 0 Å². The number of esters is 1. The van der Waals surface area contributed by atoms with Crippen molar-refractivity contribution in [3.63, 3.8) is 0 Å². The van der Waals surface area contributed by atoms with Crippen LogP contribution in [0.4, 0.5) is 5.69 Å². The molecule has 1 amide bonds. The number of piperazine rings is 1. The van der Waals surface area contributed by atoms with Crippen LogP contribution in [0.1, 0.15) is 39.0 Å². The number of hydrogen-bond acceptors (Lipinski definition) is 7. The highest BCUT2D eigenvalue weighted by atomic mass is 32.2. The monoisotopic (exact) mass is 481 g/mol. The molecule has 1 aromatic carbocycles. The van der Waals surface area contributed by atoms with Crippen LogP contribution in [0.3, 0.4) is 0 Å². The van der Waals surface area contributed by atoms with Gasteiger partial charge in [0.15, 0.2) is 0 Å². The van der Waals surface area contributed by atoms with Crippen molar-refractivity contribution in [2.24, 2.45) is 5.92 Å². The first-order valence-electron chi connectivity index (χ1n) is 11.5. The maximum Gasteiger partial charge on any atom is 0.305 e. The molecule has 1 aromatic rings. The molecule has 0 spiro atoms. The molecule has 2 saturated heterocycles. The zero-order valence-corrected chi connectivity index (χ0v) is 20.6. The fraction of sp³-hybridized carbons (Fsp3) is 0.652. The van der Waals surface area contributed by atoms with Gasteiger partial charge in [0.05, 0.1) is 24.8 Å². The first-order valence-corrected chi connectivity index (χ1v) is 13.0. The van der Waals surface area contributed by atoms with Crippen LogP contribution >= 0.6 is 0 Å². The number of carbonyl (C=O) groups is 2. The van der Waals surface area contributed by atoms with E-state index in [0.717, 1.165) is 18.5 Å². The summed E-state index contributed by atoms with van der Waals surface area (Å²) in [5.74, 6) is 0.665. The molecule has 0 aliphatic carbocycles. The first kappa shape index (κ1) is 25.3. The maximum atomic E-state index is 13.3. The lowest BCUT2D eigenvalue weighted by Gasteiger charge is -2.37. The number of methoxy groups -OCH3 is 2. The second kappa shape index (κ2) is 11.2. The van der Waals surface area contributed by atoms with Gasteiger partial charge in [0.25, 0.3) is 0 Å². The minimum absolute atomic E-state index is 0.0149. The van der Waals surface area contributed by atoms with E-state index in [1.54, 1.807) is 34.5 Å². The van der Waals surface area contributed by atoms with Crippen LogP contribution in [-0.4, -0.2) is 83.0 Å². The largest absolute Gasteiger partial charge is 0.495 e. The number of piperidine rings is 1. The number of rotatable bonds is 8. The van der Waals surface area contributed by atoms with Crippen molar-refractivity contribution < 1.29 is 27.5 Å². The molecule has 2 heterocycles. The minimum atomic E-state index is -3.58. The quantitative estimate of drug-likeness (QED) is 0.525. The van der Waals surface area contributed by atoms with Crippen molar-refractivity contribution in [3.05, 3.63) is 18.2 Å². The van der Waals surface area contributed by atoms with Gasteiger partial charge in [-0.15, -0.1) is 0 Å². The van der Waals surface area contributed by atoms with Crippen molar-refractivity contribution in [1.82, 2.24) is 9.21 Å². The second-order valence-electron chi connectivity index (χ2n) is 8.74. The Bertz CT molecular complexity index is 944. The van der Waals surface area contributed by atoms with Crippen molar-refractivity contribution >= 4 is 27.6 Å². The lowest BCUT2D eigenvalue weighted by atomic mass is 10.0. The van der Waals surface area contributed by atoms with Gasteiger partial charge in [-0.05, 0) is 43.4 Å². The smallest absolute Gasteiger partial charge is 0.305 e. The van der Waals surface area contributed by atoms with Gasteiger partial charge in [0.2, 0.25) is 15.9 Å². The Hall–Kier alpha value is -2.33. The van der Waals surface area contributed by atoms with Gasteiger partial charge in [-0.3, -0.25) is 9.59 Å². The molecule has 9 nitrogen and oxygen atoms in total.